The van der Waals surface area contributed by atoms with Crippen molar-refractivity contribution in [1.29, 1.82) is 0 Å². The Morgan fingerprint density at radius 3 is 2.70 bits per heavy atom. The Kier molecular flexibility index (Phi) is 7.69. The smallest absolute Gasteiger partial charge is 0.305 e. The number of nitrogens with one attached hydrogen (secondary N) is 1. The number of hydrogen-bond donors (Lipinski definition) is 2. The molecule has 2 rings (SSSR count). The number of nitrogens with two attached hydrogens (primary N) is 1. The van der Waals surface area contributed by atoms with Crippen molar-refractivity contribution in [3.8, 4) is 0 Å². The molecule has 139 valence electrons. The number of anilines is 1. The third kappa shape index (κ3) is 5.73. The lowest BCUT2D eigenvalue weighted by Gasteiger charge is -2.20. The van der Waals surface area contributed by atoms with Gasteiger partial charge in [0.2, 0.25) is 5.78 Å². The van der Waals surface area contributed by atoms with Crippen LogP contribution in [0, 0.1) is 0 Å². The number of nitrogens with zero attached hydrogens (tertiary/aromatic N) is 1. The molecule has 1 heterocycles. The highest BCUT2D eigenvalue weighted by Gasteiger charge is 2.22. The van der Waals surface area contributed by atoms with Gasteiger partial charge in [-0.1, -0.05) is 22.0 Å². The lowest BCUT2D eigenvalue weighted by Crippen LogP contribution is -2.90. The number of pyridine rings is 1. The number of quaternary nitrogens is 1. The maximum Gasteiger partial charge on any atom is 0.305 e. The third-order valence-electron chi connectivity index (χ3n) is 3.84. The van der Waals surface area contributed by atoms with Gasteiger partial charge in [-0.25, -0.2) is 7.98 Å². The average Bonchev–Trinajstić information content (AvgIpc) is 2.69. The number of ether oxygens (including phenoxy) is 1. The topological polar surface area (TPSA) is 102 Å². The maximum absolute atomic E-state index is 12.8. The zero-order valence-electron chi connectivity index (χ0n) is 14.6. The van der Waals surface area contributed by atoms with Crippen molar-refractivity contribution in [2.75, 3.05) is 12.4 Å². The van der Waals surface area contributed by atoms with Crippen LogP contribution in [-0.2, 0) is 14.3 Å². The lowest BCUT2D eigenvalue weighted by atomic mass is 10.0. The van der Waals surface area contributed by atoms with E-state index < -0.39 is 17.9 Å². The van der Waals surface area contributed by atoms with Crippen molar-refractivity contribution < 1.29 is 24.3 Å². The molecule has 0 fully saturated rings. The lowest BCUT2D eigenvalue weighted by molar-refractivity contribution is -0.535. The van der Waals surface area contributed by atoms with E-state index in [0.717, 1.165) is 0 Å². The van der Waals surface area contributed by atoms with Crippen LogP contribution in [0.4, 0.5) is 5.69 Å². The van der Waals surface area contributed by atoms with Gasteiger partial charge in [-0.05, 0) is 30.3 Å². The molecule has 3 N–H and O–H groups in total. The minimum absolute atomic E-state index is 0.0579. The summed E-state index contributed by atoms with van der Waals surface area (Å²) < 4.78 is 5.26. The molecule has 0 spiro atoms. The van der Waals surface area contributed by atoms with Gasteiger partial charge < -0.3 is 15.3 Å². The summed E-state index contributed by atoms with van der Waals surface area (Å²) in [4.78, 5) is 40.6. The van der Waals surface area contributed by atoms with Crippen molar-refractivity contribution in [1.82, 2.24) is 4.98 Å². The first-order chi connectivity index (χ1) is 13.0. The predicted molar refractivity (Wildman–Crippen MR) is 103 cm³/mol. The summed E-state index contributed by atoms with van der Waals surface area (Å²) in [7, 11) is 6.82. The number of rotatable bonds is 8. The minimum atomic E-state index is -0.703. The molecule has 27 heavy (non-hydrogen) atoms. The highest BCUT2D eigenvalue weighted by Crippen LogP contribution is 2.23. The number of aromatic nitrogens is 1. The predicted octanol–water partition coefficient (Wildman–Crippen LogP) is 0.982. The van der Waals surface area contributed by atoms with Crippen molar-refractivity contribution in [3.63, 3.8) is 0 Å². The molecule has 0 bridgehead atoms. The van der Waals surface area contributed by atoms with Crippen LogP contribution in [0.3, 0.4) is 0 Å². The molecule has 0 aliphatic heterocycles. The van der Waals surface area contributed by atoms with Crippen molar-refractivity contribution in [3.05, 3.63) is 58.3 Å². The van der Waals surface area contributed by atoms with E-state index >= 15 is 0 Å². The summed E-state index contributed by atoms with van der Waals surface area (Å²) in [6, 6.07) is 9.26. The Morgan fingerprint density at radius 2 is 2.07 bits per heavy atom. The summed E-state index contributed by atoms with van der Waals surface area (Å²) in [6.45, 7) is 0. The first-order valence-corrected chi connectivity index (χ1v) is 8.93. The van der Waals surface area contributed by atoms with Crippen molar-refractivity contribution >= 4 is 47.3 Å². The highest BCUT2D eigenvalue weighted by atomic mass is 79.9. The zero-order chi connectivity index (χ0) is 19.8. The molecule has 0 aliphatic rings. The molecule has 9 heteroatoms. The van der Waals surface area contributed by atoms with Crippen LogP contribution in [0.25, 0.3) is 0 Å². The molecule has 0 aliphatic carbocycles. The van der Waals surface area contributed by atoms with Crippen LogP contribution in [0.1, 0.15) is 28.9 Å². The normalized spacial score (nSPS) is 11.5. The molecule has 0 saturated heterocycles. The van der Waals surface area contributed by atoms with E-state index in [0.29, 0.717) is 15.7 Å². The van der Waals surface area contributed by atoms with Crippen LogP contribution in [0.2, 0.25) is 0 Å². The van der Waals surface area contributed by atoms with Crippen molar-refractivity contribution in [2.45, 2.75) is 18.9 Å². The summed E-state index contributed by atoms with van der Waals surface area (Å²) in [5, 5.41) is 3.93. The summed E-state index contributed by atoms with van der Waals surface area (Å²) in [5.41, 5.74) is 0.891. The highest BCUT2D eigenvalue weighted by molar-refractivity contribution is 9.10. The molecule has 1 aromatic carbocycles. The molecule has 1 unspecified atom stereocenters. The van der Waals surface area contributed by atoms with Crippen molar-refractivity contribution in [2.24, 2.45) is 0 Å². The monoisotopic (exact) mass is 430 g/mol. The van der Waals surface area contributed by atoms with E-state index in [4.69, 9.17) is 7.98 Å². The third-order valence-corrected chi connectivity index (χ3v) is 4.33. The number of benzene rings is 1. The van der Waals surface area contributed by atoms with Crippen LogP contribution >= 0.6 is 15.9 Å². The van der Waals surface area contributed by atoms with Gasteiger partial charge in [0, 0.05) is 22.7 Å². The van der Waals surface area contributed by atoms with Crippen LogP contribution < -0.4 is 10.5 Å². The number of ketones is 1. The van der Waals surface area contributed by atoms with E-state index in [1.807, 2.05) is 0 Å². The van der Waals surface area contributed by atoms with Crippen LogP contribution in [-0.4, -0.2) is 43.8 Å². The fraction of sp³-hybridized carbons (Fsp3) is 0.222. The van der Waals surface area contributed by atoms with Gasteiger partial charge in [0.05, 0.1) is 19.2 Å². The molecule has 1 amide bonds. The molecular weight excluding hydrogens is 413 g/mol. The van der Waals surface area contributed by atoms with Gasteiger partial charge in [-0.3, -0.25) is 19.4 Å². The number of esters is 1. The SMILES string of the molecule is [B-][NH2+]C(CCC(=O)OC)C(=O)Nc1ccc(Br)cc1C(=O)c1ccccn1. The Labute approximate surface area is 166 Å². The minimum Gasteiger partial charge on any atom is -0.598 e. The second kappa shape index (κ2) is 9.98. The molecule has 7 nitrogen and oxygen atoms in total. The Hall–Kier alpha value is -2.52. The number of carbonyl (C=O) groups is 3. The Bertz CT molecular complexity index is 833. The van der Waals surface area contributed by atoms with E-state index in [-0.39, 0.29) is 24.3 Å². The molecule has 1 aromatic heterocycles. The second-order valence-electron chi connectivity index (χ2n) is 5.64. The Balaban J connectivity index is 2.21. The standard InChI is InChI=1S/C18H17BBrN3O4/c1-27-16(24)8-7-15(23-19)18(26)22-13-6-5-11(20)10-12(13)17(25)14-4-2-3-9-21-14/h2-6,9-10,15H,7-8,23H2,1H3/q-1/p+1. The molecule has 0 saturated carbocycles. The first-order valence-electron chi connectivity index (χ1n) is 8.14. The second-order valence-corrected chi connectivity index (χ2v) is 6.55. The zero-order valence-corrected chi connectivity index (χ0v) is 16.2. The average molecular weight is 431 g/mol. The van der Waals surface area contributed by atoms with Gasteiger partial charge in [-0.15, -0.1) is 0 Å². The van der Waals surface area contributed by atoms with Gasteiger partial charge >= 0.3 is 5.97 Å². The molecule has 2 aromatic rings. The summed E-state index contributed by atoms with van der Waals surface area (Å²) >= 11 is 3.33. The number of amides is 1. The van der Waals surface area contributed by atoms with Gasteiger partial charge in [0.1, 0.15) is 11.7 Å². The fourth-order valence-corrected chi connectivity index (χ4v) is 2.73. The fourth-order valence-electron chi connectivity index (χ4n) is 2.36. The Morgan fingerprint density at radius 1 is 1.30 bits per heavy atom. The van der Waals surface area contributed by atoms with E-state index in [2.05, 4.69) is 31.0 Å². The first kappa shape index (κ1) is 20.8. The summed E-state index contributed by atoms with van der Waals surface area (Å²) in [6.07, 6.45) is 1.78. The largest absolute Gasteiger partial charge is 0.598 e. The molecular formula is C18H18BBrN3O4. The summed E-state index contributed by atoms with van der Waals surface area (Å²) in [5.74, 6) is -1.17. The van der Waals surface area contributed by atoms with Gasteiger partial charge in [0.25, 0.3) is 5.91 Å². The number of carbonyl (C=O) groups excluding carboxylic acids is 3. The quantitative estimate of drug-likeness (QED) is 0.369. The molecule has 3 radical (unpaired) electrons. The van der Waals surface area contributed by atoms with Gasteiger partial charge in [0.15, 0.2) is 0 Å². The number of methoxy groups -OCH3 is 1. The van der Waals surface area contributed by atoms with E-state index in [9.17, 15) is 14.4 Å². The van der Waals surface area contributed by atoms with Gasteiger partial charge in [-0.2, -0.15) is 0 Å². The van der Waals surface area contributed by atoms with E-state index in [1.165, 1.54) is 18.5 Å². The van der Waals surface area contributed by atoms with Crippen LogP contribution in [0.15, 0.2) is 47.1 Å². The molecule has 1 atom stereocenters. The number of halogens is 1. The van der Waals surface area contributed by atoms with E-state index in [1.54, 1.807) is 36.4 Å². The number of hydrogen-bond acceptors (Lipinski definition) is 5. The van der Waals surface area contributed by atoms with Crippen LogP contribution in [0.5, 0.6) is 0 Å². The maximum atomic E-state index is 12.8.